The van der Waals surface area contributed by atoms with Gasteiger partial charge in [0.15, 0.2) is 0 Å². The second kappa shape index (κ2) is 4.03. The molecule has 2 heteroatoms. The topological polar surface area (TPSA) is 12.0 Å². The molecule has 2 rings (SSSR count). The van der Waals surface area contributed by atoms with Crippen LogP contribution < -0.4 is 5.32 Å². The molecule has 1 aromatic rings. The van der Waals surface area contributed by atoms with Gasteiger partial charge in [0.25, 0.3) is 0 Å². The van der Waals surface area contributed by atoms with Gasteiger partial charge in [-0.1, -0.05) is 26.3 Å². The normalized spacial score (nSPS) is 18.1. The Bertz CT molecular complexity index is 273. The summed E-state index contributed by atoms with van der Waals surface area (Å²) >= 11 is 1.87. The standard InChI is InChI=1S/C12H19NS/c1-12(2,11-7-4-8-14-11)9-13-10-5-3-6-10/h4,7-8,10,13H,3,5-6,9H2,1-2H3. The van der Waals surface area contributed by atoms with Gasteiger partial charge in [-0.05, 0) is 24.3 Å². The van der Waals surface area contributed by atoms with E-state index in [2.05, 4.69) is 36.7 Å². The van der Waals surface area contributed by atoms with E-state index < -0.39 is 0 Å². The Balaban J connectivity index is 1.88. The Kier molecular flexibility index (Phi) is 2.93. The van der Waals surface area contributed by atoms with Crippen LogP contribution in [0.1, 0.15) is 38.0 Å². The molecular formula is C12H19NS. The molecule has 78 valence electrons. The van der Waals surface area contributed by atoms with E-state index in [0.717, 1.165) is 12.6 Å². The van der Waals surface area contributed by atoms with Gasteiger partial charge >= 0.3 is 0 Å². The molecule has 0 bridgehead atoms. The van der Waals surface area contributed by atoms with Crippen LogP contribution in [0.5, 0.6) is 0 Å². The van der Waals surface area contributed by atoms with Crippen molar-refractivity contribution < 1.29 is 0 Å². The van der Waals surface area contributed by atoms with E-state index in [0.29, 0.717) is 5.41 Å². The number of hydrogen-bond donors (Lipinski definition) is 1. The zero-order chi connectivity index (χ0) is 10.0. The van der Waals surface area contributed by atoms with Gasteiger partial charge < -0.3 is 5.32 Å². The fourth-order valence-corrected chi connectivity index (χ4v) is 2.61. The summed E-state index contributed by atoms with van der Waals surface area (Å²) in [4.78, 5) is 1.49. The molecule has 1 aromatic heterocycles. The fraction of sp³-hybridized carbons (Fsp3) is 0.667. The smallest absolute Gasteiger partial charge is 0.0115 e. The van der Waals surface area contributed by atoms with E-state index in [-0.39, 0.29) is 0 Å². The molecule has 0 aromatic carbocycles. The molecule has 0 atom stereocenters. The third kappa shape index (κ3) is 2.18. The van der Waals surface area contributed by atoms with Gasteiger partial charge in [-0.15, -0.1) is 11.3 Å². The molecule has 0 amide bonds. The number of hydrogen-bond acceptors (Lipinski definition) is 2. The monoisotopic (exact) mass is 209 g/mol. The quantitative estimate of drug-likeness (QED) is 0.803. The number of nitrogens with one attached hydrogen (secondary N) is 1. The second-order valence-corrected chi connectivity index (χ2v) is 5.82. The van der Waals surface area contributed by atoms with Crippen LogP contribution >= 0.6 is 11.3 Å². The van der Waals surface area contributed by atoms with E-state index in [1.165, 1.54) is 24.1 Å². The third-order valence-electron chi connectivity index (χ3n) is 3.13. The van der Waals surface area contributed by atoms with E-state index in [9.17, 15) is 0 Å². The van der Waals surface area contributed by atoms with Crippen molar-refractivity contribution >= 4 is 11.3 Å². The van der Waals surface area contributed by atoms with Gasteiger partial charge in [0.2, 0.25) is 0 Å². The molecule has 1 aliphatic rings. The van der Waals surface area contributed by atoms with Gasteiger partial charge in [0, 0.05) is 22.9 Å². The highest BCUT2D eigenvalue weighted by Gasteiger charge is 2.24. The fourth-order valence-electron chi connectivity index (χ4n) is 1.76. The van der Waals surface area contributed by atoms with Gasteiger partial charge in [-0.2, -0.15) is 0 Å². The Labute approximate surface area is 90.5 Å². The summed E-state index contributed by atoms with van der Waals surface area (Å²) in [5.41, 5.74) is 0.295. The van der Waals surface area contributed by atoms with Crippen molar-refractivity contribution in [2.24, 2.45) is 0 Å². The van der Waals surface area contributed by atoms with Crippen LogP contribution in [0.25, 0.3) is 0 Å². The number of thiophene rings is 1. The molecule has 0 radical (unpaired) electrons. The van der Waals surface area contributed by atoms with Gasteiger partial charge in [-0.3, -0.25) is 0 Å². The van der Waals surface area contributed by atoms with E-state index in [1.54, 1.807) is 0 Å². The highest BCUT2D eigenvalue weighted by Crippen LogP contribution is 2.28. The summed E-state index contributed by atoms with van der Waals surface area (Å²) in [6.45, 7) is 5.76. The van der Waals surface area contributed by atoms with Crippen molar-refractivity contribution in [1.82, 2.24) is 5.32 Å². The van der Waals surface area contributed by atoms with Crippen LogP contribution in [0, 0.1) is 0 Å². The van der Waals surface area contributed by atoms with E-state index in [4.69, 9.17) is 0 Å². The molecule has 1 fully saturated rings. The van der Waals surface area contributed by atoms with Crippen LogP contribution in [0.2, 0.25) is 0 Å². The molecular weight excluding hydrogens is 190 g/mol. The average molecular weight is 209 g/mol. The van der Waals surface area contributed by atoms with Crippen LogP contribution in [0.15, 0.2) is 17.5 Å². The molecule has 1 nitrogen and oxygen atoms in total. The molecule has 1 heterocycles. The molecule has 14 heavy (non-hydrogen) atoms. The maximum atomic E-state index is 3.65. The van der Waals surface area contributed by atoms with Crippen molar-refractivity contribution in [3.63, 3.8) is 0 Å². The van der Waals surface area contributed by atoms with Crippen molar-refractivity contribution in [3.05, 3.63) is 22.4 Å². The highest BCUT2D eigenvalue weighted by atomic mass is 32.1. The molecule has 0 unspecified atom stereocenters. The lowest BCUT2D eigenvalue weighted by molar-refractivity contribution is 0.313. The van der Waals surface area contributed by atoms with Crippen molar-refractivity contribution in [3.8, 4) is 0 Å². The summed E-state index contributed by atoms with van der Waals surface area (Å²) in [7, 11) is 0. The number of rotatable bonds is 4. The van der Waals surface area contributed by atoms with E-state index >= 15 is 0 Å². The van der Waals surface area contributed by atoms with Crippen LogP contribution in [0.4, 0.5) is 0 Å². The lowest BCUT2D eigenvalue weighted by atomic mass is 9.88. The molecule has 1 saturated carbocycles. The summed E-state index contributed by atoms with van der Waals surface area (Å²) < 4.78 is 0. The lowest BCUT2D eigenvalue weighted by Crippen LogP contribution is -2.42. The van der Waals surface area contributed by atoms with Crippen molar-refractivity contribution in [2.45, 2.75) is 44.6 Å². The Hall–Kier alpha value is -0.340. The SMILES string of the molecule is CC(C)(CNC1CCC1)c1cccs1. The molecule has 0 aliphatic heterocycles. The zero-order valence-electron chi connectivity index (χ0n) is 9.05. The predicted octanol–water partition coefficient (Wildman–Crippen LogP) is 3.17. The molecule has 0 spiro atoms. The Morgan fingerprint density at radius 3 is 2.79 bits per heavy atom. The summed E-state index contributed by atoms with van der Waals surface area (Å²) in [6.07, 6.45) is 4.16. The maximum Gasteiger partial charge on any atom is 0.0115 e. The predicted molar refractivity (Wildman–Crippen MR) is 63.0 cm³/mol. The molecule has 0 saturated heterocycles. The third-order valence-corrected chi connectivity index (χ3v) is 4.36. The Morgan fingerprint density at radius 2 is 2.29 bits per heavy atom. The molecule has 1 N–H and O–H groups in total. The van der Waals surface area contributed by atoms with E-state index in [1.807, 2.05) is 11.3 Å². The van der Waals surface area contributed by atoms with Gasteiger partial charge in [0.1, 0.15) is 0 Å². The Morgan fingerprint density at radius 1 is 1.50 bits per heavy atom. The van der Waals surface area contributed by atoms with Crippen molar-refractivity contribution in [1.29, 1.82) is 0 Å². The average Bonchev–Trinajstić information content (AvgIpc) is 2.52. The molecule has 1 aliphatic carbocycles. The van der Waals surface area contributed by atoms with Crippen molar-refractivity contribution in [2.75, 3.05) is 6.54 Å². The van der Waals surface area contributed by atoms with Gasteiger partial charge in [0.05, 0.1) is 0 Å². The first-order valence-electron chi connectivity index (χ1n) is 5.46. The minimum atomic E-state index is 0.295. The maximum absolute atomic E-state index is 3.65. The largest absolute Gasteiger partial charge is 0.313 e. The van der Waals surface area contributed by atoms with Crippen LogP contribution in [0.3, 0.4) is 0 Å². The summed E-state index contributed by atoms with van der Waals surface area (Å²) in [5.74, 6) is 0. The first kappa shape index (κ1) is 10.2. The minimum absolute atomic E-state index is 0.295. The highest BCUT2D eigenvalue weighted by molar-refractivity contribution is 7.10. The van der Waals surface area contributed by atoms with Crippen LogP contribution in [-0.4, -0.2) is 12.6 Å². The lowest BCUT2D eigenvalue weighted by Gasteiger charge is -2.32. The first-order chi connectivity index (χ1) is 6.68. The summed E-state index contributed by atoms with van der Waals surface area (Å²) in [5, 5.41) is 5.82. The minimum Gasteiger partial charge on any atom is -0.313 e. The second-order valence-electron chi connectivity index (χ2n) is 4.87. The first-order valence-corrected chi connectivity index (χ1v) is 6.34. The van der Waals surface area contributed by atoms with Gasteiger partial charge in [-0.25, -0.2) is 0 Å². The summed E-state index contributed by atoms with van der Waals surface area (Å²) in [6, 6.07) is 5.19. The zero-order valence-corrected chi connectivity index (χ0v) is 9.86. The van der Waals surface area contributed by atoms with Crippen LogP contribution in [-0.2, 0) is 5.41 Å².